The average molecular weight is 269 g/mol. The van der Waals surface area contributed by atoms with Crippen LogP contribution < -0.4 is 5.32 Å². The van der Waals surface area contributed by atoms with Gasteiger partial charge in [-0.15, -0.1) is 11.3 Å². The minimum Gasteiger partial charge on any atom is -0.342 e. The van der Waals surface area contributed by atoms with E-state index >= 15 is 0 Å². The van der Waals surface area contributed by atoms with E-state index in [-0.39, 0.29) is 11.9 Å². The molecule has 1 unspecified atom stereocenters. The summed E-state index contributed by atoms with van der Waals surface area (Å²) in [5.41, 5.74) is 2.97. The van der Waals surface area contributed by atoms with E-state index in [1.807, 2.05) is 38.1 Å². The van der Waals surface area contributed by atoms with E-state index in [0.717, 1.165) is 31.7 Å². The molecule has 0 spiro atoms. The summed E-state index contributed by atoms with van der Waals surface area (Å²) in [6.07, 6.45) is 0.937. The molecule has 1 aromatic rings. The second-order valence-corrected chi connectivity index (χ2v) is 5.24. The van der Waals surface area contributed by atoms with Crippen molar-refractivity contribution in [1.82, 2.24) is 15.2 Å². The number of nitrogens with zero attached hydrogens (tertiary/aromatic N) is 2. The fourth-order valence-electron chi connectivity index (χ4n) is 1.86. The predicted molar refractivity (Wildman–Crippen MR) is 75.9 cm³/mol. The van der Waals surface area contributed by atoms with Crippen LogP contribution in [0.4, 0.5) is 0 Å². The quantitative estimate of drug-likeness (QED) is 0.821. The van der Waals surface area contributed by atoms with Crippen molar-refractivity contribution in [2.75, 3.05) is 19.6 Å². The molecule has 1 atom stereocenters. The lowest BCUT2D eigenvalue weighted by molar-refractivity contribution is -0.132. The Labute approximate surface area is 113 Å². The molecule has 1 N–H and O–H groups in total. The van der Waals surface area contributed by atoms with E-state index in [4.69, 9.17) is 0 Å². The highest BCUT2D eigenvalue weighted by Gasteiger charge is 2.17. The summed E-state index contributed by atoms with van der Waals surface area (Å²) in [6.45, 7) is 10.3. The van der Waals surface area contributed by atoms with Crippen LogP contribution in [0.2, 0.25) is 0 Å². The fourth-order valence-corrected chi connectivity index (χ4v) is 2.65. The average Bonchev–Trinajstić information content (AvgIpc) is 2.76. The maximum absolute atomic E-state index is 12.0. The fraction of sp³-hybridized carbons (Fsp3) is 0.692. The SMILES string of the molecule is CCN(CC)C(=O)C(C)NCCc1scnc1C. The molecule has 1 heterocycles. The van der Waals surface area contributed by atoms with Crippen LogP contribution in [0.25, 0.3) is 0 Å². The van der Waals surface area contributed by atoms with Crippen molar-refractivity contribution < 1.29 is 4.79 Å². The molecule has 18 heavy (non-hydrogen) atoms. The van der Waals surface area contributed by atoms with Crippen molar-refractivity contribution in [2.45, 2.75) is 40.2 Å². The third kappa shape index (κ3) is 4.07. The number of thiazole rings is 1. The molecule has 0 aliphatic rings. The summed E-state index contributed by atoms with van der Waals surface area (Å²) < 4.78 is 0. The van der Waals surface area contributed by atoms with E-state index in [9.17, 15) is 4.79 Å². The minimum absolute atomic E-state index is 0.113. The van der Waals surface area contributed by atoms with Crippen molar-refractivity contribution in [2.24, 2.45) is 0 Å². The summed E-state index contributed by atoms with van der Waals surface area (Å²) >= 11 is 1.68. The van der Waals surface area contributed by atoms with E-state index in [0.29, 0.717) is 0 Å². The normalized spacial score (nSPS) is 12.4. The Morgan fingerprint density at radius 1 is 1.50 bits per heavy atom. The molecule has 0 aliphatic carbocycles. The molecule has 0 fully saturated rings. The molecule has 5 heteroatoms. The number of carbonyl (C=O) groups is 1. The zero-order valence-corrected chi connectivity index (χ0v) is 12.5. The topological polar surface area (TPSA) is 45.2 Å². The Balaban J connectivity index is 2.35. The lowest BCUT2D eigenvalue weighted by Crippen LogP contribution is -2.45. The van der Waals surface area contributed by atoms with Gasteiger partial charge < -0.3 is 10.2 Å². The molecular weight excluding hydrogens is 246 g/mol. The van der Waals surface area contributed by atoms with Crippen LogP contribution in [0, 0.1) is 6.92 Å². The van der Waals surface area contributed by atoms with Gasteiger partial charge in [-0.25, -0.2) is 4.98 Å². The lowest BCUT2D eigenvalue weighted by Gasteiger charge is -2.23. The number of aromatic nitrogens is 1. The van der Waals surface area contributed by atoms with Gasteiger partial charge in [-0.05, 0) is 34.1 Å². The summed E-state index contributed by atoms with van der Waals surface area (Å²) in [5.74, 6) is 0.182. The van der Waals surface area contributed by atoms with Crippen LogP contribution in [0.5, 0.6) is 0 Å². The molecule has 0 saturated heterocycles. The van der Waals surface area contributed by atoms with Gasteiger partial charge in [0.1, 0.15) is 0 Å². The monoisotopic (exact) mass is 269 g/mol. The molecule has 0 radical (unpaired) electrons. The van der Waals surface area contributed by atoms with Crippen LogP contribution in [-0.2, 0) is 11.2 Å². The Morgan fingerprint density at radius 3 is 2.67 bits per heavy atom. The predicted octanol–water partition coefficient (Wildman–Crippen LogP) is 1.84. The molecule has 1 aromatic heterocycles. The number of hydrogen-bond acceptors (Lipinski definition) is 4. The van der Waals surface area contributed by atoms with Gasteiger partial charge in [0.25, 0.3) is 0 Å². The number of nitrogens with one attached hydrogen (secondary N) is 1. The summed E-state index contributed by atoms with van der Waals surface area (Å²) in [4.78, 5) is 19.4. The van der Waals surface area contributed by atoms with Gasteiger partial charge in [0.15, 0.2) is 0 Å². The van der Waals surface area contributed by atoms with Crippen molar-refractivity contribution in [3.8, 4) is 0 Å². The van der Waals surface area contributed by atoms with Crippen LogP contribution in [0.3, 0.4) is 0 Å². The van der Waals surface area contributed by atoms with Crippen LogP contribution in [0.1, 0.15) is 31.3 Å². The minimum atomic E-state index is -0.113. The van der Waals surface area contributed by atoms with Crippen molar-refractivity contribution in [3.05, 3.63) is 16.1 Å². The molecule has 0 aromatic carbocycles. The molecule has 0 bridgehead atoms. The maximum atomic E-state index is 12.0. The second-order valence-electron chi connectivity index (χ2n) is 4.30. The van der Waals surface area contributed by atoms with Gasteiger partial charge in [0, 0.05) is 24.5 Å². The highest BCUT2D eigenvalue weighted by atomic mass is 32.1. The van der Waals surface area contributed by atoms with E-state index in [1.165, 1.54) is 4.88 Å². The molecule has 1 amide bonds. The van der Waals surface area contributed by atoms with Crippen LogP contribution >= 0.6 is 11.3 Å². The maximum Gasteiger partial charge on any atom is 0.239 e. The highest BCUT2D eigenvalue weighted by molar-refractivity contribution is 7.09. The molecule has 0 aliphatic heterocycles. The standard InChI is InChI=1S/C13H23N3OS/c1-5-16(6-2)13(17)11(4)14-8-7-12-10(3)15-9-18-12/h9,11,14H,5-8H2,1-4H3. The van der Waals surface area contributed by atoms with Crippen LogP contribution in [-0.4, -0.2) is 41.5 Å². The Bertz CT molecular complexity index is 374. The molecule has 1 rings (SSSR count). The van der Waals surface area contributed by atoms with Gasteiger partial charge in [-0.1, -0.05) is 0 Å². The third-order valence-corrected chi connectivity index (χ3v) is 4.09. The summed E-state index contributed by atoms with van der Waals surface area (Å²) in [7, 11) is 0. The van der Waals surface area contributed by atoms with Gasteiger partial charge in [-0.2, -0.15) is 0 Å². The molecular formula is C13H23N3OS. The highest BCUT2D eigenvalue weighted by Crippen LogP contribution is 2.12. The lowest BCUT2D eigenvalue weighted by atomic mass is 10.2. The first-order valence-electron chi connectivity index (χ1n) is 6.51. The Hall–Kier alpha value is -0.940. The number of aryl methyl sites for hydroxylation is 1. The second kappa shape index (κ2) is 7.48. The van der Waals surface area contributed by atoms with Gasteiger partial charge in [-0.3, -0.25) is 4.79 Å². The van der Waals surface area contributed by atoms with Crippen molar-refractivity contribution in [1.29, 1.82) is 0 Å². The number of likely N-dealkylation sites (N-methyl/N-ethyl adjacent to an activating group) is 1. The first-order chi connectivity index (χ1) is 8.60. The Morgan fingerprint density at radius 2 is 2.17 bits per heavy atom. The first kappa shape index (κ1) is 15.1. The van der Waals surface area contributed by atoms with Gasteiger partial charge in [0.05, 0.1) is 17.2 Å². The number of amides is 1. The Kier molecular flexibility index (Phi) is 6.29. The zero-order valence-electron chi connectivity index (χ0n) is 11.7. The molecule has 102 valence electrons. The van der Waals surface area contributed by atoms with Gasteiger partial charge in [0.2, 0.25) is 5.91 Å². The zero-order chi connectivity index (χ0) is 13.5. The smallest absolute Gasteiger partial charge is 0.239 e. The van der Waals surface area contributed by atoms with E-state index in [2.05, 4.69) is 10.3 Å². The largest absolute Gasteiger partial charge is 0.342 e. The van der Waals surface area contributed by atoms with E-state index in [1.54, 1.807) is 11.3 Å². The third-order valence-electron chi connectivity index (χ3n) is 3.09. The first-order valence-corrected chi connectivity index (χ1v) is 7.39. The number of rotatable bonds is 7. The van der Waals surface area contributed by atoms with Gasteiger partial charge >= 0.3 is 0 Å². The molecule has 0 saturated carbocycles. The molecule has 4 nitrogen and oxygen atoms in total. The summed E-state index contributed by atoms with van der Waals surface area (Å²) in [6, 6.07) is -0.113. The number of carbonyl (C=O) groups excluding carboxylic acids is 1. The van der Waals surface area contributed by atoms with Crippen molar-refractivity contribution >= 4 is 17.2 Å². The van der Waals surface area contributed by atoms with Crippen molar-refractivity contribution in [3.63, 3.8) is 0 Å². The van der Waals surface area contributed by atoms with Crippen LogP contribution in [0.15, 0.2) is 5.51 Å². The number of hydrogen-bond donors (Lipinski definition) is 1. The summed E-state index contributed by atoms with van der Waals surface area (Å²) in [5, 5.41) is 3.28. The van der Waals surface area contributed by atoms with E-state index < -0.39 is 0 Å².